The van der Waals surface area contributed by atoms with Crippen molar-refractivity contribution in [3.05, 3.63) is 56.2 Å². The highest BCUT2D eigenvalue weighted by Gasteiger charge is 2.24. The van der Waals surface area contributed by atoms with E-state index in [1.807, 2.05) is 23.1 Å². The van der Waals surface area contributed by atoms with Gasteiger partial charge >= 0.3 is 0 Å². The van der Waals surface area contributed by atoms with Crippen LogP contribution in [0.4, 0.5) is 0 Å². The van der Waals surface area contributed by atoms with Gasteiger partial charge in [-0.25, -0.2) is 0 Å². The predicted octanol–water partition coefficient (Wildman–Crippen LogP) is 3.99. The Labute approximate surface area is 125 Å². The van der Waals surface area contributed by atoms with Crippen LogP contribution in [0.25, 0.3) is 0 Å². The minimum absolute atomic E-state index is 0.247. The van der Waals surface area contributed by atoms with Crippen molar-refractivity contribution >= 4 is 33.2 Å². The lowest BCUT2D eigenvalue weighted by Gasteiger charge is -2.15. The molecule has 0 radical (unpaired) electrons. The lowest BCUT2D eigenvalue weighted by Crippen LogP contribution is -2.25. The third kappa shape index (κ3) is 2.74. The first kappa shape index (κ1) is 12.9. The van der Waals surface area contributed by atoms with Gasteiger partial charge in [0.2, 0.25) is 5.91 Å². The number of fused-ring (bicyclic) bond motifs is 1. The van der Waals surface area contributed by atoms with Crippen molar-refractivity contribution in [2.45, 2.75) is 25.9 Å². The molecular formula is C15H14BrNOS. The van der Waals surface area contributed by atoms with E-state index in [9.17, 15) is 4.79 Å². The van der Waals surface area contributed by atoms with Crippen molar-refractivity contribution in [3.8, 4) is 0 Å². The molecule has 1 aliphatic rings. The lowest BCUT2D eigenvalue weighted by molar-refractivity contribution is -0.131. The van der Waals surface area contributed by atoms with Gasteiger partial charge < -0.3 is 4.90 Å². The molecule has 3 rings (SSSR count). The van der Waals surface area contributed by atoms with Gasteiger partial charge in [-0.15, -0.1) is 11.3 Å². The van der Waals surface area contributed by atoms with Crippen LogP contribution in [0.3, 0.4) is 0 Å². The average Bonchev–Trinajstić information content (AvgIpc) is 3.05. The zero-order valence-corrected chi connectivity index (χ0v) is 12.8. The zero-order valence-electron chi connectivity index (χ0n) is 10.4. The maximum Gasteiger partial charge on any atom is 0.223 e. The van der Waals surface area contributed by atoms with E-state index >= 15 is 0 Å². The van der Waals surface area contributed by atoms with Crippen molar-refractivity contribution in [1.29, 1.82) is 0 Å². The molecular weight excluding hydrogens is 322 g/mol. The Morgan fingerprint density at radius 2 is 2.16 bits per heavy atom. The number of carbonyl (C=O) groups excluding carboxylic acids is 1. The Balaban J connectivity index is 1.63. The van der Waals surface area contributed by atoms with E-state index in [1.165, 1.54) is 16.0 Å². The largest absolute Gasteiger partial charge is 0.334 e. The summed E-state index contributed by atoms with van der Waals surface area (Å²) in [4.78, 5) is 15.5. The zero-order chi connectivity index (χ0) is 13.2. The smallest absolute Gasteiger partial charge is 0.223 e. The lowest BCUT2D eigenvalue weighted by atomic mass is 10.1. The molecule has 1 amide bonds. The fraction of sp³-hybridized carbons (Fsp3) is 0.267. The van der Waals surface area contributed by atoms with Crippen LogP contribution in [0.5, 0.6) is 0 Å². The van der Waals surface area contributed by atoms with Crippen molar-refractivity contribution < 1.29 is 4.79 Å². The first-order chi connectivity index (χ1) is 9.24. The number of amides is 1. The maximum atomic E-state index is 12.2. The summed E-state index contributed by atoms with van der Waals surface area (Å²) < 4.78 is 1.11. The number of nitrogens with zero attached hydrogens (tertiary/aromatic N) is 1. The maximum absolute atomic E-state index is 12.2. The number of carbonyl (C=O) groups is 1. The summed E-state index contributed by atoms with van der Waals surface area (Å²) in [5, 5.41) is 2.06. The fourth-order valence-corrected chi connectivity index (χ4v) is 3.64. The molecule has 2 heterocycles. The molecule has 0 bridgehead atoms. The Morgan fingerprint density at radius 3 is 2.89 bits per heavy atom. The minimum Gasteiger partial charge on any atom is -0.334 e. The highest BCUT2D eigenvalue weighted by Crippen LogP contribution is 2.29. The minimum atomic E-state index is 0.247. The molecule has 2 nitrogen and oxygen atoms in total. The molecule has 1 aromatic carbocycles. The molecule has 0 saturated carbocycles. The van der Waals surface area contributed by atoms with Gasteiger partial charge in [0.05, 0.1) is 0 Å². The second-order valence-corrected chi connectivity index (χ2v) is 6.59. The molecule has 98 valence electrons. The monoisotopic (exact) mass is 335 g/mol. The van der Waals surface area contributed by atoms with Gasteiger partial charge in [0.15, 0.2) is 0 Å². The third-order valence-electron chi connectivity index (χ3n) is 3.44. The summed E-state index contributed by atoms with van der Waals surface area (Å²) in [5.41, 5.74) is 2.52. The third-order valence-corrected chi connectivity index (χ3v) is 5.12. The molecule has 0 N–H and O–H groups in total. The van der Waals surface area contributed by atoms with Crippen LogP contribution in [0.1, 0.15) is 22.4 Å². The molecule has 0 saturated heterocycles. The average molecular weight is 336 g/mol. The Kier molecular flexibility index (Phi) is 3.71. The summed E-state index contributed by atoms with van der Waals surface area (Å²) in [5.74, 6) is 0.247. The van der Waals surface area contributed by atoms with E-state index < -0.39 is 0 Å². The molecule has 1 aromatic heterocycles. The van der Waals surface area contributed by atoms with Crippen LogP contribution in [0.2, 0.25) is 0 Å². The Hall–Kier alpha value is -1.13. The first-order valence-electron chi connectivity index (χ1n) is 6.30. The summed E-state index contributed by atoms with van der Waals surface area (Å²) >= 11 is 5.28. The molecule has 0 unspecified atom stereocenters. The van der Waals surface area contributed by atoms with E-state index in [4.69, 9.17) is 0 Å². The molecule has 2 aromatic rings. The van der Waals surface area contributed by atoms with Crippen LogP contribution in [-0.2, 0) is 24.3 Å². The molecule has 0 aliphatic carbocycles. The summed E-state index contributed by atoms with van der Waals surface area (Å²) in [6.45, 7) is 1.48. The highest BCUT2D eigenvalue weighted by molar-refractivity contribution is 9.10. The number of thiophene rings is 1. The number of hydrogen-bond acceptors (Lipinski definition) is 2. The van der Waals surface area contributed by atoms with Gasteiger partial charge in [0, 0.05) is 28.9 Å². The second kappa shape index (κ2) is 5.47. The number of hydrogen-bond donors (Lipinski definition) is 0. The van der Waals surface area contributed by atoms with E-state index in [0.29, 0.717) is 6.42 Å². The highest BCUT2D eigenvalue weighted by atomic mass is 79.9. The molecule has 1 aliphatic heterocycles. The Bertz CT molecular complexity index is 594. The topological polar surface area (TPSA) is 20.3 Å². The number of rotatable bonds is 3. The van der Waals surface area contributed by atoms with Crippen LogP contribution < -0.4 is 0 Å². The number of benzene rings is 1. The van der Waals surface area contributed by atoms with Gasteiger partial charge in [-0.2, -0.15) is 0 Å². The summed E-state index contributed by atoms with van der Waals surface area (Å²) in [6, 6.07) is 10.3. The fourth-order valence-electron chi connectivity index (χ4n) is 2.40. The van der Waals surface area contributed by atoms with Gasteiger partial charge in [-0.1, -0.05) is 34.1 Å². The van der Waals surface area contributed by atoms with Crippen LogP contribution in [0.15, 0.2) is 40.2 Å². The van der Waals surface area contributed by atoms with Gasteiger partial charge in [-0.3, -0.25) is 4.79 Å². The molecule has 0 atom stereocenters. The molecule has 0 fully saturated rings. The van der Waals surface area contributed by atoms with Crippen LogP contribution >= 0.6 is 27.3 Å². The van der Waals surface area contributed by atoms with Crippen molar-refractivity contribution in [3.63, 3.8) is 0 Å². The van der Waals surface area contributed by atoms with Gasteiger partial charge in [0.25, 0.3) is 0 Å². The first-order valence-corrected chi connectivity index (χ1v) is 7.98. The second-order valence-electron chi connectivity index (χ2n) is 4.71. The Morgan fingerprint density at radius 1 is 1.26 bits per heavy atom. The molecule has 19 heavy (non-hydrogen) atoms. The van der Waals surface area contributed by atoms with Crippen molar-refractivity contribution in [2.24, 2.45) is 0 Å². The standard InChI is InChI=1S/C15H14BrNOS/c16-14-5-1-3-11-9-17(10-13(11)14)15(18)7-6-12-4-2-8-19-12/h1-5,8H,6-7,9-10H2. The summed E-state index contributed by atoms with van der Waals surface area (Å²) in [7, 11) is 0. The van der Waals surface area contributed by atoms with Crippen molar-refractivity contribution in [1.82, 2.24) is 4.90 Å². The van der Waals surface area contributed by atoms with E-state index in [1.54, 1.807) is 11.3 Å². The van der Waals surface area contributed by atoms with Crippen LogP contribution in [-0.4, -0.2) is 10.8 Å². The van der Waals surface area contributed by atoms with Crippen LogP contribution in [0, 0.1) is 0 Å². The van der Waals surface area contributed by atoms with Gasteiger partial charge in [0.1, 0.15) is 0 Å². The number of aryl methyl sites for hydroxylation is 1. The molecule has 4 heteroatoms. The number of halogens is 1. The normalized spacial score (nSPS) is 13.6. The van der Waals surface area contributed by atoms with Crippen molar-refractivity contribution in [2.75, 3.05) is 0 Å². The van der Waals surface area contributed by atoms with Gasteiger partial charge in [-0.05, 0) is 35.1 Å². The quantitative estimate of drug-likeness (QED) is 0.830. The summed E-state index contributed by atoms with van der Waals surface area (Å²) in [6.07, 6.45) is 1.45. The van der Waals surface area contributed by atoms with E-state index in [2.05, 4.69) is 33.4 Å². The van der Waals surface area contributed by atoms with E-state index in [-0.39, 0.29) is 5.91 Å². The predicted molar refractivity (Wildman–Crippen MR) is 81.0 cm³/mol. The molecule has 0 spiro atoms. The SMILES string of the molecule is O=C(CCc1cccs1)N1Cc2cccc(Br)c2C1. The van der Waals surface area contributed by atoms with E-state index in [0.717, 1.165) is 24.0 Å².